The maximum Gasteiger partial charge on any atom is 0.263 e. The van der Waals surface area contributed by atoms with Gasteiger partial charge in [-0.05, 0) is 18.4 Å². The van der Waals surface area contributed by atoms with Gasteiger partial charge in [-0.2, -0.15) is 0 Å². The average molecular weight is 422 g/mol. The molecule has 0 spiro atoms. The molecule has 0 N–H and O–H groups in total. The summed E-state index contributed by atoms with van der Waals surface area (Å²) < 4.78 is 6.86. The Labute approximate surface area is 168 Å². The Kier molecular flexibility index (Phi) is 5.36. The number of nitrogens with zero attached hydrogens (tertiary/aromatic N) is 3. The minimum Gasteiger partial charge on any atom is -0.378 e. The Morgan fingerprint density at radius 3 is 2.81 bits per heavy atom. The van der Waals surface area contributed by atoms with E-state index in [1.54, 1.807) is 23.0 Å². The highest BCUT2D eigenvalue weighted by molar-refractivity contribution is 8.00. The number of morpholine rings is 1. The van der Waals surface area contributed by atoms with Crippen LogP contribution in [0.5, 0.6) is 0 Å². The largest absolute Gasteiger partial charge is 0.378 e. The van der Waals surface area contributed by atoms with Gasteiger partial charge in [-0.3, -0.25) is 14.2 Å². The maximum atomic E-state index is 13.0. The number of carbonyl (C=O) groups is 1. The molecule has 0 saturated carbocycles. The molecule has 6 nitrogen and oxygen atoms in total. The van der Waals surface area contributed by atoms with Gasteiger partial charge in [0.05, 0.1) is 23.8 Å². The highest BCUT2D eigenvalue weighted by Crippen LogP contribution is 2.35. The van der Waals surface area contributed by atoms with E-state index in [-0.39, 0.29) is 16.7 Å². The molecule has 1 aliphatic rings. The molecular formula is C18H19N3O3S3. The number of fused-ring (bicyclic) bond motifs is 1. The summed E-state index contributed by atoms with van der Waals surface area (Å²) in [7, 11) is 1.72. The van der Waals surface area contributed by atoms with Crippen molar-refractivity contribution in [3.8, 4) is 10.4 Å². The van der Waals surface area contributed by atoms with Crippen LogP contribution in [-0.2, 0) is 16.6 Å². The predicted molar refractivity (Wildman–Crippen MR) is 111 cm³/mol. The van der Waals surface area contributed by atoms with E-state index in [9.17, 15) is 9.59 Å². The summed E-state index contributed by atoms with van der Waals surface area (Å²) in [6.45, 7) is 4.25. The number of aromatic nitrogens is 2. The van der Waals surface area contributed by atoms with Crippen molar-refractivity contribution in [1.29, 1.82) is 0 Å². The molecule has 3 aromatic heterocycles. The second-order valence-electron chi connectivity index (χ2n) is 6.26. The van der Waals surface area contributed by atoms with E-state index in [0.717, 1.165) is 15.3 Å². The molecule has 0 radical (unpaired) electrons. The summed E-state index contributed by atoms with van der Waals surface area (Å²) >= 11 is 4.42. The molecular weight excluding hydrogens is 402 g/mol. The summed E-state index contributed by atoms with van der Waals surface area (Å²) in [4.78, 5) is 33.9. The lowest BCUT2D eigenvalue weighted by atomic mass is 10.2. The van der Waals surface area contributed by atoms with Crippen LogP contribution in [0.3, 0.4) is 0 Å². The minimum absolute atomic E-state index is 0.0584. The van der Waals surface area contributed by atoms with Gasteiger partial charge >= 0.3 is 0 Å². The highest BCUT2D eigenvalue weighted by atomic mass is 32.2. The lowest BCUT2D eigenvalue weighted by molar-refractivity contribution is -0.134. The zero-order valence-electron chi connectivity index (χ0n) is 15.0. The first-order valence-corrected chi connectivity index (χ1v) is 11.3. The Hall–Kier alpha value is -1.68. The Balaban J connectivity index is 1.64. The van der Waals surface area contributed by atoms with Crippen molar-refractivity contribution in [3.63, 3.8) is 0 Å². The molecule has 0 aromatic carbocycles. The van der Waals surface area contributed by atoms with Gasteiger partial charge in [0.25, 0.3) is 5.56 Å². The molecule has 0 aliphatic carbocycles. The summed E-state index contributed by atoms with van der Waals surface area (Å²) in [5.74, 6) is 0.0584. The van der Waals surface area contributed by atoms with E-state index in [2.05, 4.69) is 4.98 Å². The maximum absolute atomic E-state index is 13.0. The Morgan fingerprint density at radius 1 is 1.33 bits per heavy atom. The van der Waals surface area contributed by atoms with Crippen LogP contribution in [0.2, 0.25) is 0 Å². The second-order valence-corrected chi connectivity index (χ2v) is 9.38. The van der Waals surface area contributed by atoms with Crippen molar-refractivity contribution in [3.05, 3.63) is 33.2 Å². The van der Waals surface area contributed by atoms with E-state index >= 15 is 0 Å². The first kappa shape index (κ1) is 18.7. The number of hydrogen-bond acceptors (Lipinski definition) is 7. The molecule has 1 fully saturated rings. The van der Waals surface area contributed by atoms with Gasteiger partial charge < -0.3 is 9.64 Å². The Morgan fingerprint density at radius 2 is 2.11 bits per heavy atom. The Bertz CT molecular complexity index is 1020. The van der Waals surface area contributed by atoms with Gasteiger partial charge in [0, 0.05) is 36.0 Å². The summed E-state index contributed by atoms with van der Waals surface area (Å²) in [5.41, 5.74) is 0.866. The van der Waals surface area contributed by atoms with Gasteiger partial charge in [-0.1, -0.05) is 17.8 Å². The molecule has 0 bridgehead atoms. The number of carbonyl (C=O) groups excluding carboxylic acids is 1. The fourth-order valence-corrected chi connectivity index (χ4v) is 5.78. The molecule has 9 heteroatoms. The van der Waals surface area contributed by atoms with Crippen molar-refractivity contribution in [2.24, 2.45) is 7.05 Å². The topological polar surface area (TPSA) is 64.4 Å². The van der Waals surface area contributed by atoms with Crippen LogP contribution in [0.4, 0.5) is 0 Å². The van der Waals surface area contributed by atoms with Crippen molar-refractivity contribution >= 4 is 50.6 Å². The second kappa shape index (κ2) is 7.75. The average Bonchev–Trinajstić information content (AvgIpc) is 3.35. The number of hydrogen-bond donors (Lipinski definition) is 0. The fourth-order valence-electron chi connectivity index (χ4n) is 3.02. The zero-order valence-corrected chi connectivity index (χ0v) is 17.5. The first-order valence-electron chi connectivity index (χ1n) is 8.61. The molecule has 1 unspecified atom stereocenters. The van der Waals surface area contributed by atoms with Crippen LogP contribution in [0.15, 0.2) is 32.8 Å². The van der Waals surface area contributed by atoms with Crippen LogP contribution >= 0.6 is 34.4 Å². The van der Waals surface area contributed by atoms with E-state index in [4.69, 9.17) is 4.74 Å². The molecule has 1 atom stereocenters. The third-order valence-electron chi connectivity index (χ3n) is 4.51. The molecule has 3 aromatic rings. The van der Waals surface area contributed by atoms with Crippen molar-refractivity contribution in [2.75, 3.05) is 26.3 Å². The van der Waals surface area contributed by atoms with Crippen LogP contribution in [0.25, 0.3) is 20.7 Å². The molecule has 1 amide bonds. The third kappa shape index (κ3) is 3.56. The third-order valence-corrected chi connectivity index (χ3v) is 7.42. The zero-order chi connectivity index (χ0) is 19.0. The molecule has 142 valence electrons. The summed E-state index contributed by atoms with van der Waals surface area (Å²) in [5, 5.41) is 4.90. The summed E-state index contributed by atoms with van der Waals surface area (Å²) in [6.07, 6.45) is 0. The number of amides is 1. The van der Waals surface area contributed by atoms with Crippen molar-refractivity contribution < 1.29 is 9.53 Å². The SMILES string of the molecule is CC(Sc1nc2scc(-c3cccs3)c2c(=O)n1C)C(=O)N1CCOCC1. The lowest BCUT2D eigenvalue weighted by Crippen LogP contribution is -2.44. The standard InChI is InChI=1S/C18H19N3O3S3/c1-11(16(22)21-5-7-24-8-6-21)27-18-19-15-14(17(23)20(18)2)12(10-26-15)13-4-3-9-25-13/h3-4,9-11H,5-8H2,1-2H3. The highest BCUT2D eigenvalue weighted by Gasteiger charge is 2.25. The van der Waals surface area contributed by atoms with Crippen LogP contribution in [0.1, 0.15) is 6.92 Å². The van der Waals surface area contributed by atoms with Gasteiger partial charge in [0.15, 0.2) is 5.16 Å². The smallest absolute Gasteiger partial charge is 0.263 e. The summed E-state index contributed by atoms with van der Waals surface area (Å²) in [6, 6.07) is 3.99. The predicted octanol–water partition coefficient (Wildman–Crippen LogP) is 3.06. The van der Waals surface area contributed by atoms with E-state index in [1.165, 1.54) is 23.1 Å². The molecule has 4 rings (SSSR count). The van der Waals surface area contributed by atoms with E-state index in [1.807, 2.05) is 34.7 Å². The van der Waals surface area contributed by atoms with Gasteiger partial charge in [0.1, 0.15) is 4.83 Å². The van der Waals surface area contributed by atoms with Crippen molar-refractivity contribution in [1.82, 2.24) is 14.5 Å². The fraction of sp³-hybridized carbons (Fsp3) is 0.389. The van der Waals surface area contributed by atoms with E-state index < -0.39 is 0 Å². The monoisotopic (exact) mass is 421 g/mol. The molecule has 1 saturated heterocycles. The van der Waals surface area contributed by atoms with Crippen LogP contribution in [0, 0.1) is 0 Å². The molecule has 1 aliphatic heterocycles. The number of rotatable bonds is 4. The normalized spacial score (nSPS) is 16.0. The van der Waals surface area contributed by atoms with Gasteiger partial charge in [-0.15, -0.1) is 22.7 Å². The molecule has 4 heterocycles. The lowest BCUT2D eigenvalue weighted by Gasteiger charge is -2.29. The van der Waals surface area contributed by atoms with Gasteiger partial charge in [0.2, 0.25) is 5.91 Å². The van der Waals surface area contributed by atoms with Crippen LogP contribution in [-0.4, -0.2) is 51.9 Å². The van der Waals surface area contributed by atoms with Crippen molar-refractivity contribution in [2.45, 2.75) is 17.3 Å². The van der Waals surface area contributed by atoms with Crippen LogP contribution < -0.4 is 5.56 Å². The van der Waals surface area contributed by atoms with E-state index in [0.29, 0.717) is 36.8 Å². The minimum atomic E-state index is -0.310. The first-order chi connectivity index (χ1) is 13.1. The quantitative estimate of drug-likeness (QED) is 0.479. The number of thiophene rings is 2. The molecule has 27 heavy (non-hydrogen) atoms. The van der Waals surface area contributed by atoms with Gasteiger partial charge in [-0.25, -0.2) is 4.98 Å². The number of ether oxygens (including phenoxy) is 1. The number of thioether (sulfide) groups is 1.